The number of nitro groups is 1. The van der Waals surface area contributed by atoms with Gasteiger partial charge in [0.15, 0.2) is 6.61 Å². The predicted molar refractivity (Wildman–Crippen MR) is 106 cm³/mol. The Morgan fingerprint density at radius 3 is 2.65 bits per heavy atom. The van der Waals surface area contributed by atoms with Crippen molar-refractivity contribution in [2.45, 2.75) is 6.54 Å². The molecule has 0 spiro atoms. The number of hydrogen-bond donors (Lipinski definition) is 1. The number of rotatable bonds is 7. The Hall–Kier alpha value is -4.28. The molecule has 3 aromatic rings. The number of nitrogens with zero attached hydrogens (tertiary/aromatic N) is 2. The number of para-hydroxylation sites is 1. The lowest BCUT2D eigenvalue weighted by molar-refractivity contribution is -0.387. The molecule has 1 N–H and O–H groups in total. The first kappa shape index (κ1) is 21.4. The van der Waals surface area contributed by atoms with E-state index in [0.717, 1.165) is 18.2 Å². The van der Waals surface area contributed by atoms with Crippen molar-refractivity contribution in [1.29, 1.82) is 0 Å². The minimum Gasteiger partial charge on any atom is -0.465 e. The fraction of sp³-hybridized carbons (Fsp3) is 0.150. The number of carbonyl (C=O) groups is 3. The monoisotopic (exact) mass is 429 g/mol. The van der Waals surface area contributed by atoms with Crippen LogP contribution in [-0.2, 0) is 25.6 Å². The van der Waals surface area contributed by atoms with Crippen molar-refractivity contribution >= 4 is 40.1 Å². The molecule has 0 bridgehead atoms. The van der Waals surface area contributed by atoms with Crippen LogP contribution >= 0.6 is 0 Å². The number of amides is 1. The second-order valence-electron chi connectivity index (χ2n) is 6.31. The van der Waals surface area contributed by atoms with E-state index in [0.29, 0.717) is 10.9 Å². The molecule has 31 heavy (non-hydrogen) atoms. The zero-order chi connectivity index (χ0) is 22.5. The average Bonchev–Trinajstić information content (AvgIpc) is 3.11. The first-order valence-corrected chi connectivity index (χ1v) is 8.85. The van der Waals surface area contributed by atoms with Crippen molar-refractivity contribution in [3.63, 3.8) is 0 Å². The highest BCUT2D eigenvalue weighted by Crippen LogP contribution is 2.23. The summed E-state index contributed by atoms with van der Waals surface area (Å²) < 4.78 is 24.5. The third-order valence-electron chi connectivity index (χ3n) is 4.28. The summed E-state index contributed by atoms with van der Waals surface area (Å²) in [4.78, 5) is 45.9. The van der Waals surface area contributed by atoms with Crippen molar-refractivity contribution in [3.8, 4) is 0 Å². The number of aromatic nitrogens is 1. The Kier molecular flexibility index (Phi) is 6.24. The van der Waals surface area contributed by atoms with Gasteiger partial charge in [-0.1, -0.05) is 18.2 Å². The molecule has 0 aliphatic heterocycles. The first-order chi connectivity index (χ1) is 14.8. The van der Waals surface area contributed by atoms with Crippen LogP contribution in [0.5, 0.6) is 0 Å². The number of methoxy groups -OCH3 is 1. The van der Waals surface area contributed by atoms with E-state index in [1.54, 1.807) is 24.3 Å². The summed E-state index contributed by atoms with van der Waals surface area (Å²) in [5.74, 6) is -3.12. The smallest absolute Gasteiger partial charge is 0.340 e. The summed E-state index contributed by atoms with van der Waals surface area (Å²) in [6, 6.07) is 9.73. The topological polar surface area (TPSA) is 130 Å². The maximum atomic E-state index is 13.3. The molecule has 0 saturated carbocycles. The van der Waals surface area contributed by atoms with Gasteiger partial charge in [-0.05, 0) is 18.2 Å². The third kappa shape index (κ3) is 4.83. The predicted octanol–water partition coefficient (Wildman–Crippen LogP) is 2.66. The zero-order valence-electron chi connectivity index (χ0n) is 16.2. The molecule has 0 unspecified atom stereocenters. The second kappa shape index (κ2) is 9.03. The second-order valence-corrected chi connectivity index (χ2v) is 6.31. The van der Waals surface area contributed by atoms with E-state index in [4.69, 9.17) is 9.47 Å². The lowest BCUT2D eigenvalue weighted by atomic mass is 10.2. The molecule has 0 fully saturated rings. The van der Waals surface area contributed by atoms with Crippen LogP contribution < -0.4 is 5.32 Å². The molecule has 10 nitrogen and oxygen atoms in total. The highest BCUT2D eigenvalue weighted by atomic mass is 19.1. The third-order valence-corrected chi connectivity index (χ3v) is 4.28. The van der Waals surface area contributed by atoms with E-state index < -0.39 is 40.9 Å². The largest absolute Gasteiger partial charge is 0.465 e. The SMILES string of the molecule is COC(=O)c1cn(CC(=O)OCC(=O)Nc2ccc(F)c([N+](=O)[O-])c2)c2ccccc12. The molecule has 160 valence electrons. The lowest BCUT2D eigenvalue weighted by Crippen LogP contribution is -2.23. The molecular formula is C20H16FN3O7. The Bertz CT molecular complexity index is 1190. The van der Waals surface area contributed by atoms with E-state index in [-0.39, 0.29) is 17.8 Å². The number of carbonyl (C=O) groups excluding carboxylic acids is 3. The van der Waals surface area contributed by atoms with Gasteiger partial charge in [-0.2, -0.15) is 4.39 Å². The summed E-state index contributed by atoms with van der Waals surface area (Å²) >= 11 is 0. The quantitative estimate of drug-likeness (QED) is 0.347. The Balaban J connectivity index is 1.63. The molecule has 0 atom stereocenters. The molecule has 1 amide bonds. The molecule has 0 radical (unpaired) electrons. The van der Waals surface area contributed by atoms with Gasteiger partial charge in [0.25, 0.3) is 5.91 Å². The van der Waals surface area contributed by atoms with Crippen LogP contribution in [0.15, 0.2) is 48.7 Å². The summed E-state index contributed by atoms with van der Waals surface area (Å²) in [7, 11) is 1.25. The molecule has 3 rings (SSSR count). The molecule has 1 aromatic heterocycles. The van der Waals surface area contributed by atoms with Crippen molar-refractivity contribution in [2.24, 2.45) is 0 Å². The van der Waals surface area contributed by atoms with Crippen LogP contribution in [0.3, 0.4) is 0 Å². The Labute approximate surface area is 174 Å². The normalized spacial score (nSPS) is 10.5. The number of nitrogens with one attached hydrogen (secondary N) is 1. The first-order valence-electron chi connectivity index (χ1n) is 8.85. The number of halogens is 1. The van der Waals surface area contributed by atoms with Crippen LogP contribution in [0.4, 0.5) is 15.8 Å². The van der Waals surface area contributed by atoms with Gasteiger partial charge in [-0.3, -0.25) is 19.7 Å². The van der Waals surface area contributed by atoms with Crippen molar-refractivity contribution in [2.75, 3.05) is 19.0 Å². The minimum atomic E-state index is -1.04. The average molecular weight is 429 g/mol. The van der Waals surface area contributed by atoms with Gasteiger partial charge >= 0.3 is 17.6 Å². The van der Waals surface area contributed by atoms with Gasteiger partial charge < -0.3 is 19.4 Å². The highest BCUT2D eigenvalue weighted by molar-refractivity contribution is 6.04. The summed E-state index contributed by atoms with van der Waals surface area (Å²) in [5, 5.41) is 13.6. The van der Waals surface area contributed by atoms with Crippen LogP contribution in [0.1, 0.15) is 10.4 Å². The zero-order valence-corrected chi connectivity index (χ0v) is 16.2. The van der Waals surface area contributed by atoms with Crippen molar-refractivity contribution in [1.82, 2.24) is 4.57 Å². The maximum absolute atomic E-state index is 13.3. The van der Waals surface area contributed by atoms with Gasteiger partial charge in [-0.15, -0.1) is 0 Å². The fourth-order valence-electron chi connectivity index (χ4n) is 2.91. The minimum absolute atomic E-state index is 0.0201. The van der Waals surface area contributed by atoms with Crippen LogP contribution in [0.25, 0.3) is 10.9 Å². The number of esters is 2. The number of hydrogen-bond acceptors (Lipinski definition) is 7. The summed E-state index contributed by atoms with van der Waals surface area (Å²) in [6.07, 6.45) is 1.45. The van der Waals surface area contributed by atoms with Crippen LogP contribution in [0, 0.1) is 15.9 Å². The number of fused-ring (bicyclic) bond motifs is 1. The van der Waals surface area contributed by atoms with Crippen molar-refractivity contribution < 1.29 is 33.2 Å². The number of nitro benzene ring substituents is 1. The van der Waals surface area contributed by atoms with E-state index in [2.05, 4.69) is 5.32 Å². The van der Waals surface area contributed by atoms with E-state index >= 15 is 0 Å². The van der Waals surface area contributed by atoms with E-state index in [1.807, 2.05) is 0 Å². The van der Waals surface area contributed by atoms with E-state index in [1.165, 1.54) is 17.9 Å². The van der Waals surface area contributed by atoms with Gasteiger partial charge in [0.05, 0.1) is 17.6 Å². The molecule has 0 aliphatic carbocycles. The highest BCUT2D eigenvalue weighted by Gasteiger charge is 2.18. The van der Waals surface area contributed by atoms with Crippen LogP contribution in [-0.4, -0.2) is 41.1 Å². The summed E-state index contributed by atoms with van der Waals surface area (Å²) in [6.45, 7) is -0.931. The fourth-order valence-corrected chi connectivity index (χ4v) is 2.91. The number of anilines is 1. The number of benzene rings is 2. The molecule has 1 heterocycles. The Morgan fingerprint density at radius 1 is 1.19 bits per heavy atom. The molecule has 2 aromatic carbocycles. The number of ether oxygens (including phenoxy) is 2. The Morgan fingerprint density at radius 2 is 1.94 bits per heavy atom. The lowest BCUT2D eigenvalue weighted by Gasteiger charge is -2.08. The van der Waals surface area contributed by atoms with Gasteiger partial charge in [0.1, 0.15) is 6.54 Å². The van der Waals surface area contributed by atoms with Crippen molar-refractivity contribution in [3.05, 3.63) is 70.2 Å². The van der Waals surface area contributed by atoms with Crippen LogP contribution in [0.2, 0.25) is 0 Å². The van der Waals surface area contributed by atoms with Gasteiger partial charge in [0.2, 0.25) is 5.82 Å². The molecule has 0 saturated heterocycles. The van der Waals surface area contributed by atoms with Gasteiger partial charge in [-0.25, -0.2) is 4.79 Å². The van der Waals surface area contributed by atoms with E-state index in [9.17, 15) is 28.9 Å². The molecule has 11 heteroatoms. The summed E-state index contributed by atoms with van der Waals surface area (Å²) in [5.41, 5.74) is 0.0634. The van der Waals surface area contributed by atoms with Gasteiger partial charge in [0, 0.05) is 28.9 Å². The molecule has 0 aliphatic rings. The maximum Gasteiger partial charge on any atom is 0.340 e. The standard InChI is InChI=1S/C20H16FN3O7/c1-30-20(27)14-9-23(16-5-3-2-4-13(14)16)10-19(26)31-11-18(25)22-12-6-7-15(21)17(8-12)24(28)29/h2-9H,10-11H2,1H3,(H,22,25). The molecular weight excluding hydrogens is 413 g/mol.